The highest BCUT2D eigenvalue weighted by Crippen LogP contribution is 2.20. The topological polar surface area (TPSA) is 51.2 Å². The van der Waals surface area contributed by atoms with Crippen molar-refractivity contribution >= 4 is 11.7 Å². The summed E-state index contributed by atoms with van der Waals surface area (Å²) in [6.45, 7) is 2.02. The van der Waals surface area contributed by atoms with Crippen molar-refractivity contribution in [3.63, 3.8) is 0 Å². The molecule has 0 saturated carbocycles. The number of rotatable bonds is 4. The van der Waals surface area contributed by atoms with Gasteiger partial charge in [0, 0.05) is 23.6 Å². The van der Waals surface area contributed by atoms with Crippen molar-refractivity contribution in [3.05, 3.63) is 59.9 Å². The summed E-state index contributed by atoms with van der Waals surface area (Å²) in [5, 5.41) is 3.16. The molecule has 98 valence electrons. The van der Waals surface area contributed by atoms with Gasteiger partial charge in [-0.15, -0.1) is 0 Å². The lowest BCUT2D eigenvalue weighted by molar-refractivity contribution is -0.141. The van der Waals surface area contributed by atoms with E-state index in [1.807, 2.05) is 37.3 Å². The molecule has 0 spiro atoms. The van der Waals surface area contributed by atoms with Crippen LogP contribution in [-0.4, -0.2) is 18.1 Å². The van der Waals surface area contributed by atoms with Crippen LogP contribution < -0.4 is 5.32 Å². The maximum absolute atomic E-state index is 11.9. The summed E-state index contributed by atoms with van der Waals surface area (Å²) >= 11 is 0. The van der Waals surface area contributed by atoms with Crippen LogP contribution in [0.4, 0.5) is 5.69 Å². The lowest BCUT2D eigenvalue weighted by atomic mass is 10.1. The van der Waals surface area contributed by atoms with E-state index in [0.29, 0.717) is 0 Å². The highest BCUT2D eigenvalue weighted by Gasteiger charge is 2.21. The Bertz CT molecular complexity index is 538. The third-order valence-corrected chi connectivity index (χ3v) is 2.82. The molecule has 4 heteroatoms. The van der Waals surface area contributed by atoms with Gasteiger partial charge in [0.05, 0.1) is 7.11 Å². The summed E-state index contributed by atoms with van der Waals surface area (Å²) in [6, 6.07) is 10.9. The number of carbonyl (C=O) groups excluding carboxylic acids is 1. The monoisotopic (exact) mass is 256 g/mol. The van der Waals surface area contributed by atoms with Crippen LogP contribution in [0.5, 0.6) is 0 Å². The molecule has 0 aliphatic heterocycles. The van der Waals surface area contributed by atoms with E-state index >= 15 is 0 Å². The number of aromatic nitrogens is 1. The summed E-state index contributed by atoms with van der Waals surface area (Å²) in [5.41, 5.74) is 2.81. The molecular weight excluding hydrogens is 240 g/mol. The van der Waals surface area contributed by atoms with E-state index in [0.717, 1.165) is 11.3 Å². The molecule has 0 amide bonds. The van der Waals surface area contributed by atoms with Gasteiger partial charge in [0.15, 0.2) is 6.04 Å². The largest absolute Gasteiger partial charge is 0.467 e. The smallest absolute Gasteiger partial charge is 0.333 e. The van der Waals surface area contributed by atoms with Crippen molar-refractivity contribution in [1.29, 1.82) is 0 Å². The third kappa shape index (κ3) is 3.31. The van der Waals surface area contributed by atoms with Crippen molar-refractivity contribution in [2.24, 2.45) is 0 Å². The minimum absolute atomic E-state index is 0.339. The van der Waals surface area contributed by atoms with Crippen LogP contribution in [0, 0.1) is 6.92 Å². The highest BCUT2D eigenvalue weighted by atomic mass is 16.5. The first-order valence-corrected chi connectivity index (χ1v) is 6.01. The molecular formula is C15H16N2O2. The fraction of sp³-hybridized carbons (Fsp3) is 0.200. The van der Waals surface area contributed by atoms with Gasteiger partial charge in [0.25, 0.3) is 0 Å². The second-order valence-electron chi connectivity index (χ2n) is 4.25. The average Bonchev–Trinajstić information content (AvgIpc) is 2.47. The summed E-state index contributed by atoms with van der Waals surface area (Å²) < 4.78 is 4.83. The Morgan fingerprint density at radius 1 is 1.26 bits per heavy atom. The molecule has 0 bridgehead atoms. The fourth-order valence-corrected chi connectivity index (χ4v) is 1.76. The maximum Gasteiger partial charge on any atom is 0.333 e. The number of hydrogen-bond donors (Lipinski definition) is 1. The molecule has 19 heavy (non-hydrogen) atoms. The first kappa shape index (κ1) is 13.1. The number of pyridine rings is 1. The first-order valence-electron chi connectivity index (χ1n) is 6.01. The second-order valence-corrected chi connectivity index (χ2v) is 4.25. The molecule has 1 N–H and O–H groups in total. The molecule has 1 atom stereocenters. The number of anilines is 1. The molecule has 0 aliphatic rings. The van der Waals surface area contributed by atoms with Crippen molar-refractivity contribution in [3.8, 4) is 0 Å². The van der Waals surface area contributed by atoms with Gasteiger partial charge in [0.2, 0.25) is 0 Å². The number of ether oxygens (including phenoxy) is 1. The molecule has 0 radical (unpaired) electrons. The number of benzene rings is 1. The van der Waals surface area contributed by atoms with Gasteiger partial charge in [-0.1, -0.05) is 23.8 Å². The lowest BCUT2D eigenvalue weighted by Gasteiger charge is -2.17. The van der Waals surface area contributed by atoms with E-state index in [4.69, 9.17) is 4.74 Å². The molecule has 2 aromatic rings. The zero-order valence-corrected chi connectivity index (χ0v) is 11.0. The van der Waals surface area contributed by atoms with E-state index in [1.54, 1.807) is 18.5 Å². The zero-order chi connectivity index (χ0) is 13.7. The maximum atomic E-state index is 11.9. The summed E-state index contributed by atoms with van der Waals surface area (Å²) in [4.78, 5) is 15.9. The molecule has 0 fully saturated rings. The molecule has 1 aromatic heterocycles. The minimum Gasteiger partial charge on any atom is -0.467 e. The molecule has 1 unspecified atom stereocenters. The minimum atomic E-state index is -0.554. The first-order chi connectivity index (χ1) is 9.20. The number of hydrogen-bond acceptors (Lipinski definition) is 4. The normalized spacial score (nSPS) is 11.7. The molecule has 1 aromatic carbocycles. The summed E-state index contributed by atoms with van der Waals surface area (Å²) in [7, 11) is 1.38. The number of esters is 1. The number of nitrogens with zero attached hydrogens (tertiary/aromatic N) is 1. The lowest BCUT2D eigenvalue weighted by Crippen LogP contribution is -2.22. The average molecular weight is 256 g/mol. The van der Waals surface area contributed by atoms with Crippen LogP contribution in [0.15, 0.2) is 48.8 Å². The van der Waals surface area contributed by atoms with Gasteiger partial charge in [-0.05, 0) is 25.1 Å². The van der Waals surface area contributed by atoms with Gasteiger partial charge in [0.1, 0.15) is 0 Å². The zero-order valence-electron chi connectivity index (χ0n) is 11.0. The number of nitrogens with one attached hydrogen (secondary N) is 1. The Labute approximate surface area is 112 Å². The predicted molar refractivity (Wildman–Crippen MR) is 73.8 cm³/mol. The van der Waals surface area contributed by atoms with Gasteiger partial charge in [-0.25, -0.2) is 4.79 Å². The van der Waals surface area contributed by atoms with Crippen LogP contribution in [0.2, 0.25) is 0 Å². The van der Waals surface area contributed by atoms with E-state index in [2.05, 4.69) is 10.3 Å². The standard InChI is InChI=1S/C15H16N2O2/c1-11-5-7-13(8-6-11)17-14(15(18)19-2)12-4-3-9-16-10-12/h3-10,14,17H,1-2H3. The van der Waals surface area contributed by atoms with Gasteiger partial charge in [-0.2, -0.15) is 0 Å². The Morgan fingerprint density at radius 2 is 2.00 bits per heavy atom. The van der Waals surface area contributed by atoms with Crippen LogP contribution in [0.1, 0.15) is 17.2 Å². The van der Waals surface area contributed by atoms with E-state index in [9.17, 15) is 4.79 Å². The number of carbonyl (C=O) groups is 1. The quantitative estimate of drug-likeness (QED) is 0.854. The Morgan fingerprint density at radius 3 is 2.58 bits per heavy atom. The van der Waals surface area contributed by atoms with E-state index < -0.39 is 6.04 Å². The van der Waals surface area contributed by atoms with Crippen molar-refractivity contribution < 1.29 is 9.53 Å². The van der Waals surface area contributed by atoms with Crippen LogP contribution in [0.3, 0.4) is 0 Å². The van der Waals surface area contributed by atoms with Gasteiger partial charge >= 0.3 is 5.97 Å². The molecule has 1 heterocycles. The third-order valence-electron chi connectivity index (χ3n) is 2.82. The van der Waals surface area contributed by atoms with Crippen molar-refractivity contribution in [2.45, 2.75) is 13.0 Å². The predicted octanol–water partition coefficient (Wildman–Crippen LogP) is 2.72. The second kappa shape index (κ2) is 6.00. The number of aryl methyl sites for hydroxylation is 1. The van der Waals surface area contributed by atoms with Gasteiger partial charge < -0.3 is 10.1 Å². The van der Waals surface area contributed by atoms with E-state index in [1.165, 1.54) is 12.7 Å². The van der Waals surface area contributed by atoms with Crippen LogP contribution in [0.25, 0.3) is 0 Å². The Kier molecular flexibility index (Phi) is 4.13. The van der Waals surface area contributed by atoms with E-state index in [-0.39, 0.29) is 5.97 Å². The molecule has 2 rings (SSSR count). The Balaban J connectivity index is 2.24. The fourth-order valence-electron chi connectivity index (χ4n) is 1.76. The number of methoxy groups -OCH3 is 1. The molecule has 4 nitrogen and oxygen atoms in total. The van der Waals surface area contributed by atoms with Gasteiger partial charge in [-0.3, -0.25) is 4.98 Å². The van der Waals surface area contributed by atoms with Crippen molar-refractivity contribution in [1.82, 2.24) is 4.98 Å². The van der Waals surface area contributed by atoms with Crippen LogP contribution in [-0.2, 0) is 9.53 Å². The van der Waals surface area contributed by atoms with Crippen LogP contribution >= 0.6 is 0 Å². The summed E-state index contributed by atoms with van der Waals surface area (Å²) in [6.07, 6.45) is 3.33. The highest BCUT2D eigenvalue weighted by molar-refractivity contribution is 5.80. The van der Waals surface area contributed by atoms with Crippen molar-refractivity contribution in [2.75, 3.05) is 12.4 Å². The molecule has 0 saturated heterocycles. The Hall–Kier alpha value is -2.36. The summed E-state index contributed by atoms with van der Waals surface area (Å²) in [5.74, 6) is -0.339. The molecule has 0 aliphatic carbocycles. The SMILES string of the molecule is COC(=O)C(Nc1ccc(C)cc1)c1cccnc1.